The van der Waals surface area contributed by atoms with Crippen LogP contribution in [0.15, 0.2) is 138 Å². The standard InChI is InChI=1S/C34H23NO/c1-2-8-23(9-3-1)26-18-21-30-33(22-26)36-32-15-7-14-31(34(30)32)35-27-19-16-25(17-20-27)29-13-6-11-24-10-4-5-12-28(24)29/h1-22,35H. The van der Waals surface area contributed by atoms with E-state index in [4.69, 9.17) is 4.42 Å². The van der Waals surface area contributed by atoms with Gasteiger partial charge in [0, 0.05) is 11.1 Å². The van der Waals surface area contributed by atoms with Crippen molar-refractivity contribution >= 4 is 44.1 Å². The molecule has 7 aromatic rings. The fourth-order valence-corrected chi connectivity index (χ4v) is 5.11. The topological polar surface area (TPSA) is 25.2 Å². The average molecular weight is 462 g/mol. The van der Waals surface area contributed by atoms with Gasteiger partial charge in [-0.1, -0.05) is 97.1 Å². The Morgan fingerprint density at radius 3 is 2.11 bits per heavy atom. The van der Waals surface area contributed by atoms with Crippen LogP contribution in [-0.4, -0.2) is 0 Å². The highest BCUT2D eigenvalue weighted by atomic mass is 16.3. The maximum Gasteiger partial charge on any atom is 0.137 e. The highest BCUT2D eigenvalue weighted by Crippen LogP contribution is 2.38. The third kappa shape index (κ3) is 3.52. The molecule has 0 aliphatic heterocycles. The van der Waals surface area contributed by atoms with Crippen LogP contribution in [0.25, 0.3) is 55.0 Å². The summed E-state index contributed by atoms with van der Waals surface area (Å²) < 4.78 is 6.27. The largest absolute Gasteiger partial charge is 0.456 e. The van der Waals surface area contributed by atoms with Crippen molar-refractivity contribution in [2.45, 2.75) is 0 Å². The van der Waals surface area contributed by atoms with Crippen molar-refractivity contribution in [3.8, 4) is 22.3 Å². The zero-order valence-corrected chi connectivity index (χ0v) is 19.6. The molecular weight excluding hydrogens is 438 g/mol. The number of benzene rings is 6. The van der Waals surface area contributed by atoms with Gasteiger partial charge in [0.25, 0.3) is 0 Å². The van der Waals surface area contributed by atoms with Gasteiger partial charge in [-0.25, -0.2) is 0 Å². The summed E-state index contributed by atoms with van der Waals surface area (Å²) >= 11 is 0. The van der Waals surface area contributed by atoms with Gasteiger partial charge in [0.1, 0.15) is 11.2 Å². The van der Waals surface area contributed by atoms with Crippen molar-refractivity contribution in [1.82, 2.24) is 0 Å². The van der Waals surface area contributed by atoms with Crippen LogP contribution in [-0.2, 0) is 0 Å². The number of anilines is 2. The van der Waals surface area contributed by atoms with Gasteiger partial charge in [-0.15, -0.1) is 0 Å². The Balaban J connectivity index is 1.25. The third-order valence-electron chi connectivity index (χ3n) is 6.87. The Morgan fingerprint density at radius 1 is 0.472 bits per heavy atom. The fourth-order valence-electron chi connectivity index (χ4n) is 5.11. The van der Waals surface area contributed by atoms with Gasteiger partial charge in [-0.05, 0) is 69.4 Å². The van der Waals surface area contributed by atoms with E-state index in [9.17, 15) is 0 Å². The molecule has 1 N–H and O–H groups in total. The Bertz CT molecular complexity index is 1840. The Morgan fingerprint density at radius 2 is 1.22 bits per heavy atom. The Labute approximate surface area is 209 Å². The molecule has 0 aliphatic carbocycles. The molecule has 0 unspecified atom stereocenters. The monoisotopic (exact) mass is 461 g/mol. The third-order valence-corrected chi connectivity index (χ3v) is 6.87. The predicted molar refractivity (Wildman–Crippen MR) is 152 cm³/mol. The zero-order chi connectivity index (χ0) is 23.9. The van der Waals surface area contributed by atoms with Crippen molar-refractivity contribution in [1.29, 1.82) is 0 Å². The molecule has 2 nitrogen and oxygen atoms in total. The molecule has 0 radical (unpaired) electrons. The first kappa shape index (κ1) is 20.5. The molecule has 1 heterocycles. The normalized spacial score (nSPS) is 11.3. The molecule has 0 bridgehead atoms. The van der Waals surface area contributed by atoms with E-state index in [2.05, 4.69) is 121 Å². The quantitative estimate of drug-likeness (QED) is 0.282. The zero-order valence-electron chi connectivity index (χ0n) is 19.6. The average Bonchev–Trinajstić information content (AvgIpc) is 3.32. The van der Waals surface area contributed by atoms with Gasteiger partial charge in [0.15, 0.2) is 0 Å². The van der Waals surface area contributed by atoms with Crippen molar-refractivity contribution in [3.63, 3.8) is 0 Å². The molecule has 0 aliphatic rings. The highest BCUT2D eigenvalue weighted by molar-refractivity contribution is 6.12. The van der Waals surface area contributed by atoms with E-state index in [-0.39, 0.29) is 0 Å². The predicted octanol–water partition coefficient (Wildman–Crippen LogP) is 9.82. The number of nitrogens with one attached hydrogen (secondary N) is 1. The Hall–Kier alpha value is -4.82. The fraction of sp³-hybridized carbons (Fsp3) is 0. The van der Waals surface area contributed by atoms with Crippen molar-refractivity contribution < 1.29 is 4.42 Å². The minimum Gasteiger partial charge on any atom is -0.456 e. The van der Waals surface area contributed by atoms with Crippen LogP contribution in [0.2, 0.25) is 0 Å². The van der Waals surface area contributed by atoms with E-state index >= 15 is 0 Å². The first-order valence-corrected chi connectivity index (χ1v) is 12.2. The van der Waals surface area contributed by atoms with Crippen molar-refractivity contribution in [2.24, 2.45) is 0 Å². The second-order valence-electron chi connectivity index (χ2n) is 9.09. The van der Waals surface area contributed by atoms with Gasteiger partial charge < -0.3 is 9.73 Å². The molecule has 0 atom stereocenters. The highest BCUT2D eigenvalue weighted by Gasteiger charge is 2.13. The molecule has 2 heteroatoms. The molecule has 170 valence electrons. The van der Waals surface area contributed by atoms with E-state index < -0.39 is 0 Å². The summed E-state index contributed by atoms with van der Waals surface area (Å²) in [5.41, 5.74) is 8.65. The SMILES string of the molecule is c1ccc(-c2ccc3c(c2)oc2cccc(Nc4ccc(-c5cccc6ccccc56)cc4)c23)cc1. The molecule has 0 amide bonds. The maximum atomic E-state index is 6.27. The molecular formula is C34H23NO. The van der Waals surface area contributed by atoms with Gasteiger partial charge in [-0.3, -0.25) is 0 Å². The van der Waals surface area contributed by atoms with Crippen LogP contribution in [0.3, 0.4) is 0 Å². The van der Waals surface area contributed by atoms with E-state index in [1.54, 1.807) is 0 Å². The van der Waals surface area contributed by atoms with Crippen LogP contribution in [0.1, 0.15) is 0 Å². The maximum absolute atomic E-state index is 6.27. The van der Waals surface area contributed by atoms with Gasteiger partial charge in [0.05, 0.1) is 11.1 Å². The summed E-state index contributed by atoms with van der Waals surface area (Å²) in [6.45, 7) is 0. The van der Waals surface area contributed by atoms with Gasteiger partial charge in [0.2, 0.25) is 0 Å². The summed E-state index contributed by atoms with van der Waals surface area (Å²) in [7, 11) is 0. The lowest BCUT2D eigenvalue weighted by molar-refractivity contribution is 0.669. The first-order valence-electron chi connectivity index (χ1n) is 12.2. The van der Waals surface area contributed by atoms with Crippen LogP contribution in [0.4, 0.5) is 11.4 Å². The molecule has 7 rings (SSSR count). The number of hydrogen-bond acceptors (Lipinski definition) is 2. The number of hydrogen-bond donors (Lipinski definition) is 1. The van der Waals surface area contributed by atoms with E-state index in [0.717, 1.165) is 38.9 Å². The summed E-state index contributed by atoms with van der Waals surface area (Å²) in [6, 6.07) is 46.7. The van der Waals surface area contributed by atoms with Crippen molar-refractivity contribution in [3.05, 3.63) is 133 Å². The van der Waals surface area contributed by atoms with Crippen molar-refractivity contribution in [2.75, 3.05) is 5.32 Å². The van der Waals surface area contributed by atoms with Gasteiger partial charge in [-0.2, -0.15) is 0 Å². The molecule has 36 heavy (non-hydrogen) atoms. The molecule has 0 saturated carbocycles. The molecule has 0 fully saturated rings. The van der Waals surface area contributed by atoms with E-state index in [1.807, 2.05) is 18.2 Å². The van der Waals surface area contributed by atoms with E-state index in [1.165, 1.54) is 27.5 Å². The second kappa shape index (κ2) is 8.44. The number of fused-ring (bicyclic) bond motifs is 4. The van der Waals surface area contributed by atoms with Crippen LogP contribution >= 0.6 is 0 Å². The minimum absolute atomic E-state index is 0.882. The molecule has 6 aromatic carbocycles. The summed E-state index contributed by atoms with van der Waals surface area (Å²) in [5.74, 6) is 0. The molecule has 0 saturated heterocycles. The van der Waals surface area contributed by atoms with Gasteiger partial charge >= 0.3 is 0 Å². The lowest BCUT2D eigenvalue weighted by atomic mass is 9.98. The lowest BCUT2D eigenvalue weighted by Crippen LogP contribution is -1.91. The summed E-state index contributed by atoms with van der Waals surface area (Å²) in [5, 5.41) is 8.37. The second-order valence-corrected chi connectivity index (χ2v) is 9.09. The molecule has 0 spiro atoms. The van der Waals surface area contributed by atoms with Crippen LogP contribution in [0, 0.1) is 0 Å². The Kier molecular flexibility index (Phi) is 4.82. The molecule has 1 aromatic heterocycles. The smallest absolute Gasteiger partial charge is 0.137 e. The summed E-state index contributed by atoms with van der Waals surface area (Å²) in [4.78, 5) is 0. The minimum atomic E-state index is 0.882. The van der Waals surface area contributed by atoms with E-state index in [0.29, 0.717) is 0 Å². The van der Waals surface area contributed by atoms with Crippen LogP contribution < -0.4 is 5.32 Å². The lowest BCUT2D eigenvalue weighted by Gasteiger charge is -2.10. The van der Waals surface area contributed by atoms with Crippen LogP contribution in [0.5, 0.6) is 0 Å². The number of rotatable bonds is 4. The summed E-state index contributed by atoms with van der Waals surface area (Å²) in [6.07, 6.45) is 0. The number of furan rings is 1. The first-order chi connectivity index (χ1) is 17.8.